The number of aromatic amines is 1. The summed E-state index contributed by atoms with van der Waals surface area (Å²) < 4.78 is 5.20. The number of allylic oxidation sites excluding steroid dienone is 1. The van der Waals surface area contributed by atoms with E-state index in [9.17, 15) is 19.8 Å². The average molecular weight is 619 g/mol. The fraction of sp³-hybridized carbons (Fsp3) is 0.371. The standard InChI is InChI=1S/C35H38N4O5.Mg/c1-8-19-15(3)22-12-24-17(5)21(10-11-28(40)41)32(38-24)30-31(35(43)44-7)34(42)29-18(6)25(39-33(29)30)14-27-20(9-2)16(4)23(37-27)13-26(19)36-22;/h8,12-14,17,21,31-32,38-39,42H,1,9-11H2,2-7H3,(H,40,41);/q-2;+2/b23-13-,24-12-,27-14-;/t17-,21-,31+,32?;/m0./s1. The van der Waals surface area contributed by atoms with Crippen LogP contribution in [0.4, 0.5) is 0 Å². The number of aliphatic hydroxyl groups is 1. The third-order valence-electron chi connectivity index (χ3n) is 9.86. The van der Waals surface area contributed by atoms with Crippen LogP contribution in [0, 0.1) is 38.5 Å². The molecule has 3 aromatic heterocycles. The number of rotatable bonds is 6. The first kappa shape index (κ1) is 32.5. The van der Waals surface area contributed by atoms with Gasteiger partial charge in [0.15, 0.2) is 0 Å². The van der Waals surface area contributed by atoms with Gasteiger partial charge in [-0.3, -0.25) is 9.59 Å². The first-order valence-electron chi connectivity index (χ1n) is 15.1. The van der Waals surface area contributed by atoms with Gasteiger partial charge in [-0.1, -0.05) is 61.4 Å². The van der Waals surface area contributed by atoms with Gasteiger partial charge in [0.2, 0.25) is 0 Å². The smallest absolute Gasteiger partial charge is 0.657 e. The first-order chi connectivity index (χ1) is 21.0. The summed E-state index contributed by atoms with van der Waals surface area (Å²) in [6, 6.07) is -0.445. The molecular formula is C35H38MgN4O5. The summed E-state index contributed by atoms with van der Waals surface area (Å²) >= 11 is 0. The maximum Gasteiger partial charge on any atom is 2.00 e. The van der Waals surface area contributed by atoms with Crippen molar-refractivity contribution in [2.24, 2.45) is 17.8 Å². The number of carbonyl (C=O) groups excluding carboxylic acids is 1. The molecule has 0 aromatic carbocycles. The number of aliphatic hydroxyl groups excluding tert-OH is 1. The molecule has 1 unspecified atom stereocenters. The number of carboxylic acid groups (broad SMARTS) is 1. The number of hydrogen-bond acceptors (Lipinski definition) is 5. The molecule has 2 aliphatic heterocycles. The van der Waals surface area contributed by atoms with Crippen LogP contribution in [0.3, 0.4) is 0 Å². The molecule has 3 aliphatic rings. The molecule has 8 bridgehead atoms. The Balaban J connectivity index is 0.00000400. The van der Waals surface area contributed by atoms with Gasteiger partial charge in [0, 0.05) is 28.9 Å². The van der Waals surface area contributed by atoms with Crippen LogP contribution >= 0.6 is 0 Å². The van der Waals surface area contributed by atoms with E-state index >= 15 is 0 Å². The van der Waals surface area contributed by atoms with E-state index < -0.39 is 23.9 Å². The Bertz CT molecular complexity index is 2030. The predicted octanol–water partition coefficient (Wildman–Crippen LogP) is 1.40. The summed E-state index contributed by atoms with van der Waals surface area (Å²) in [5, 5.41) is 27.8. The molecule has 1 saturated heterocycles. The van der Waals surface area contributed by atoms with Crippen molar-refractivity contribution in [1.29, 1.82) is 0 Å². The molecule has 5 heterocycles. The van der Waals surface area contributed by atoms with E-state index in [1.54, 1.807) is 0 Å². The van der Waals surface area contributed by atoms with Crippen LogP contribution in [0.2, 0.25) is 0 Å². The SMILES string of the molecule is C=Cc1c2[n-]c(c1C)/C=C1\NC(C3=c4[nH]c(c(C)c4=C(O)[C@@H]3C(=O)OC)/C=c3\[n-]/c(c(C)c3CC)=C\2)[C@@H](CCC(=O)O)[C@@H]1C.[Mg+2]. The molecule has 9 nitrogen and oxygen atoms in total. The van der Waals surface area contributed by atoms with E-state index in [0.717, 1.165) is 67.7 Å². The van der Waals surface area contributed by atoms with Crippen LogP contribution in [0.1, 0.15) is 71.6 Å². The maximum atomic E-state index is 13.3. The molecule has 4 atom stereocenters. The van der Waals surface area contributed by atoms with Crippen molar-refractivity contribution in [3.63, 3.8) is 0 Å². The average Bonchev–Trinajstić information content (AvgIpc) is 3.72. The molecule has 1 fully saturated rings. The van der Waals surface area contributed by atoms with Crippen molar-refractivity contribution in [2.75, 3.05) is 7.11 Å². The van der Waals surface area contributed by atoms with Gasteiger partial charge >= 0.3 is 35.0 Å². The number of aromatic nitrogens is 3. The minimum atomic E-state index is -1.02. The zero-order valence-electron chi connectivity index (χ0n) is 26.7. The number of H-pyrrole nitrogens is 1. The maximum absolute atomic E-state index is 13.3. The summed E-state index contributed by atoms with van der Waals surface area (Å²) in [5.74, 6) is -2.81. The zero-order chi connectivity index (χ0) is 31.6. The fourth-order valence-corrected chi connectivity index (χ4v) is 7.41. The summed E-state index contributed by atoms with van der Waals surface area (Å²) in [7, 11) is 1.31. The van der Waals surface area contributed by atoms with Crippen LogP contribution in [0.5, 0.6) is 0 Å². The van der Waals surface area contributed by atoms with Crippen molar-refractivity contribution in [1.82, 2.24) is 20.3 Å². The minimum absolute atomic E-state index is 0. The summed E-state index contributed by atoms with van der Waals surface area (Å²) in [4.78, 5) is 38.6. The van der Waals surface area contributed by atoms with Gasteiger partial charge in [0.25, 0.3) is 0 Å². The Morgan fingerprint density at radius 3 is 2.44 bits per heavy atom. The van der Waals surface area contributed by atoms with E-state index in [4.69, 9.17) is 14.7 Å². The second-order valence-corrected chi connectivity index (χ2v) is 12.1. The monoisotopic (exact) mass is 618 g/mol. The van der Waals surface area contributed by atoms with Crippen LogP contribution in [-0.2, 0) is 20.7 Å². The number of ether oxygens (including phenoxy) is 1. The van der Waals surface area contributed by atoms with Crippen molar-refractivity contribution in [3.05, 3.63) is 78.4 Å². The molecule has 3 aromatic rings. The summed E-state index contributed by atoms with van der Waals surface area (Å²) in [6.07, 6.45) is 8.99. The second kappa shape index (κ2) is 12.1. The Hall–Kier alpha value is -3.89. The summed E-state index contributed by atoms with van der Waals surface area (Å²) in [6.45, 7) is 14.2. The predicted molar refractivity (Wildman–Crippen MR) is 175 cm³/mol. The molecule has 0 amide bonds. The van der Waals surface area contributed by atoms with E-state index in [2.05, 4.69) is 37.7 Å². The topological polar surface area (TPSA) is 140 Å². The van der Waals surface area contributed by atoms with Crippen molar-refractivity contribution in [2.45, 2.75) is 59.9 Å². The number of fused-ring (bicyclic) bond motifs is 8. The number of esters is 1. The Labute approximate surface area is 277 Å². The third kappa shape index (κ3) is 5.08. The number of carbonyl (C=O) groups is 2. The van der Waals surface area contributed by atoms with Crippen LogP contribution in [0.25, 0.3) is 35.6 Å². The molecule has 1 aliphatic carbocycles. The number of nitrogens with zero attached hydrogens (tertiary/aromatic N) is 2. The fourth-order valence-electron chi connectivity index (χ4n) is 7.41. The molecule has 0 radical (unpaired) electrons. The normalized spacial score (nSPS) is 24.0. The summed E-state index contributed by atoms with van der Waals surface area (Å²) in [5.41, 5.74) is 8.81. The number of aliphatic carboxylic acids is 1. The quantitative estimate of drug-likeness (QED) is 0.240. The van der Waals surface area contributed by atoms with Crippen molar-refractivity contribution in [3.8, 4) is 0 Å². The molecule has 6 rings (SSSR count). The molecule has 45 heavy (non-hydrogen) atoms. The van der Waals surface area contributed by atoms with E-state index in [-0.39, 0.29) is 47.1 Å². The van der Waals surface area contributed by atoms with E-state index in [0.29, 0.717) is 22.6 Å². The van der Waals surface area contributed by atoms with Gasteiger partial charge in [0.1, 0.15) is 11.7 Å². The second-order valence-electron chi connectivity index (χ2n) is 12.1. The van der Waals surface area contributed by atoms with Gasteiger partial charge < -0.3 is 35.2 Å². The molecule has 0 spiro atoms. The third-order valence-corrected chi connectivity index (χ3v) is 9.86. The van der Waals surface area contributed by atoms with Gasteiger partial charge in [-0.15, -0.1) is 22.1 Å². The zero-order valence-corrected chi connectivity index (χ0v) is 28.1. The van der Waals surface area contributed by atoms with Crippen LogP contribution in [0.15, 0.2) is 12.3 Å². The largest absolute Gasteiger partial charge is 2.00 e. The van der Waals surface area contributed by atoms with Crippen molar-refractivity contribution < 1.29 is 24.5 Å². The van der Waals surface area contributed by atoms with Crippen molar-refractivity contribution >= 4 is 70.6 Å². The number of hydrogen-bond donors (Lipinski definition) is 4. The number of carboxylic acids is 1. The van der Waals surface area contributed by atoms with Gasteiger partial charge in [-0.2, -0.15) is 0 Å². The minimum Gasteiger partial charge on any atom is -0.657 e. The Morgan fingerprint density at radius 2 is 1.80 bits per heavy atom. The molecule has 0 saturated carbocycles. The molecule has 10 heteroatoms. The van der Waals surface area contributed by atoms with Gasteiger partial charge in [-0.25, -0.2) is 0 Å². The van der Waals surface area contributed by atoms with Crippen LogP contribution in [-0.4, -0.2) is 63.3 Å². The Kier molecular flexibility index (Phi) is 8.76. The number of methoxy groups -OCH3 is 1. The molecule has 230 valence electrons. The van der Waals surface area contributed by atoms with Gasteiger partial charge in [0.05, 0.1) is 18.5 Å². The first-order valence-corrected chi connectivity index (χ1v) is 15.1. The van der Waals surface area contributed by atoms with Crippen LogP contribution < -0.4 is 36.6 Å². The van der Waals surface area contributed by atoms with E-state index in [1.807, 2.05) is 38.2 Å². The molecular weight excluding hydrogens is 581 g/mol. The Morgan fingerprint density at radius 1 is 1.07 bits per heavy atom. The van der Waals surface area contributed by atoms with E-state index in [1.165, 1.54) is 7.11 Å². The van der Waals surface area contributed by atoms with Gasteiger partial charge in [-0.05, 0) is 56.2 Å². The number of nitrogens with one attached hydrogen (secondary N) is 2. The molecule has 4 N–H and O–H groups in total.